The maximum Gasteiger partial charge on any atom is 0.707 e. The predicted octanol–water partition coefficient (Wildman–Crippen LogP) is -0.722. The third-order valence-corrected chi connectivity index (χ3v) is 2.04. The Morgan fingerprint density at radius 1 is 1.43 bits per heavy atom. The average Bonchev–Trinajstić information content (AvgIpc) is 2.49. The van der Waals surface area contributed by atoms with Gasteiger partial charge in [0.05, 0.1) is 0 Å². The molecule has 0 fully saturated rings. The molecule has 5 nitrogen and oxygen atoms in total. The lowest BCUT2D eigenvalue weighted by Gasteiger charge is -2.07. The molecule has 0 unspecified atom stereocenters. The summed E-state index contributed by atoms with van der Waals surface area (Å²) in [6, 6.07) is 4.87. The standard InChI is InChI=1S/C8H8BNO4/c11-8-5-2-1-3-7(14-9(12)13)6(5)4-10-8/h1-3,12-13H,4H2,(H,10,11). The molecule has 1 amide bonds. The summed E-state index contributed by atoms with van der Waals surface area (Å²) in [4.78, 5) is 11.2. The molecule has 3 N–H and O–H groups in total. The zero-order chi connectivity index (χ0) is 10.1. The second-order valence-corrected chi connectivity index (χ2v) is 2.91. The third kappa shape index (κ3) is 1.45. The third-order valence-electron chi connectivity index (χ3n) is 2.04. The van der Waals surface area contributed by atoms with Gasteiger partial charge in [0.25, 0.3) is 5.91 Å². The molecular weight excluding hydrogens is 185 g/mol. The Morgan fingerprint density at radius 3 is 2.93 bits per heavy atom. The van der Waals surface area contributed by atoms with Gasteiger partial charge in [0.15, 0.2) is 0 Å². The van der Waals surface area contributed by atoms with Crippen molar-refractivity contribution in [2.24, 2.45) is 0 Å². The lowest BCUT2D eigenvalue weighted by atomic mass is 10.1. The molecule has 72 valence electrons. The summed E-state index contributed by atoms with van der Waals surface area (Å²) < 4.78 is 4.72. The molecule has 0 radical (unpaired) electrons. The van der Waals surface area contributed by atoms with Crippen molar-refractivity contribution >= 4 is 13.2 Å². The van der Waals surface area contributed by atoms with E-state index in [1.54, 1.807) is 18.2 Å². The quantitative estimate of drug-likeness (QED) is 0.541. The minimum atomic E-state index is -1.86. The summed E-state index contributed by atoms with van der Waals surface area (Å²) in [7, 11) is -1.86. The van der Waals surface area contributed by atoms with Gasteiger partial charge in [0, 0.05) is 17.7 Å². The highest BCUT2D eigenvalue weighted by Crippen LogP contribution is 2.26. The minimum absolute atomic E-state index is 0.169. The highest BCUT2D eigenvalue weighted by molar-refractivity contribution is 6.33. The molecule has 1 aromatic carbocycles. The molecule has 1 aliphatic rings. The Morgan fingerprint density at radius 2 is 2.21 bits per heavy atom. The first-order valence-electron chi connectivity index (χ1n) is 4.11. The van der Waals surface area contributed by atoms with E-state index in [4.69, 9.17) is 14.7 Å². The first-order chi connectivity index (χ1) is 6.68. The van der Waals surface area contributed by atoms with E-state index < -0.39 is 7.32 Å². The van der Waals surface area contributed by atoms with Gasteiger partial charge in [-0.25, -0.2) is 0 Å². The zero-order valence-electron chi connectivity index (χ0n) is 7.23. The fraction of sp³-hybridized carbons (Fsp3) is 0.125. The van der Waals surface area contributed by atoms with Gasteiger partial charge in [-0.2, -0.15) is 0 Å². The summed E-state index contributed by atoms with van der Waals surface area (Å²) in [5.41, 5.74) is 1.17. The summed E-state index contributed by atoms with van der Waals surface area (Å²) in [6.45, 7) is 0.358. The Balaban J connectivity index is 2.39. The second kappa shape index (κ2) is 3.32. The molecule has 0 aliphatic carbocycles. The van der Waals surface area contributed by atoms with Gasteiger partial charge in [0.2, 0.25) is 0 Å². The van der Waals surface area contributed by atoms with Crippen LogP contribution >= 0.6 is 0 Å². The van der Waals surface area contributed by atoms with E-state index in [-0.39, 0.29) is 5.91 Å². The molecule has 0 saturated heterocycles. The van der Waals surface area contributed by atoms with Crippen molar-refractivity contribution in [3.05, 3.63) is 29.3 Å². The fourth-order valence-electron chi connectivity index (χ4n) is 1.45. The van der Waals surface area contributed by atoms with E-state index in [0.29, 0.717) is 23.4 Å². The van der Waals surface area contributed by atoms with Crippen molar-refractivity contribution < 1.29 is 19.5 Å². The molecular formula is C8H8BNO4. The molecule has 14 heavy (non-hydrogen) atoms. The van der Waals surface area contributed by atoms with Gasteiger partial charge in [-0.15, -0.1) is 0 Å². The smallest absolute Gasteiger partial charge is 0.512 e. The molecule has 1 aromatic rings. The number of hydrogen-bond acceptors (Lipinski definition) is 4. The van der Waals surface area contributed by atoms with Crippen LogP contribution in [0.25, 0.3) is 0 Å². The maximum atomic E-state index is 11.2. The molecule has 0 aromatic heterocycles. The zero-order valence-corrected chi connectivity index (χ0v) is 7.23. The molecule has 0 atom stereocenters. The van der Waals surface area contributed by atoms with Crippen molar-refractivity contribution in [3.8, 4) is 5.75 Å². The molecule has 0 spiro atoms. The summed E-state index contributed by atoms with van der Waals surface area (Å²) in [5, 5.41) is 19.9. The van der Waals surface area contributed by atoms with Crippen LogP contribution in [-0.2, 0) is 6.54 Å². The summed E-state index contributed by atoms with van der Waals surface area (Å²) >= 11 is 0. The first-order valence-corrected chi connectivity index (χ1v) is 4.11. The van der Waals surface area contributed by atoms with Crippen LogP contribution < -0.4 is 9.97 Å². The van der Waals surface area contributed by atoms with Gasteiger partial charge < -0.3 is 20.0 Å². The van der Waals surface area contributed by atoms with E-state index in [1.165, 1.54) is 0 Å². The number of benzene rings is 1. The van der Waals surface area contributed by atoms with Crippen molar-refractivity contribution in [2.45, 2.75) is 6.54 Å². The molecule has 1 aliphatic heterocycles. The van der Waals surface area contributed by atoms with E-state index in [0.717, 1.165) is 0 Å². The number of rotatable bonds is 2. The summed E-state index contributed by atoms with van der Waals surface area (Å²) in [5.74, 6) is 0.147. The van der Waals surface area contributed by atoms with E-state index in [2.05, 4.69) is 5.32 Å². The van der Waals surface area contributed by atoms with Crippen LogP contribution in [0.2, 0.25) is 0 Å². The maximum absolute atomic E-state index is 11.2. The van der Waals surface area contributed by atoms with Crippen molar-refractivity contribution in [1.29, 1.82) is 0 Å². The van der Waals surface area contributed by atoms with Gasteiger partial charge in [-0.05, 0) is 12.1 Å². The van der Waals surface area contributed by atoms with Crippen LogP contribution in [-0.4, -0.2) is 23.3 Å². The fourth-order valence-corrected chi connectivity index (χ4v) is 1.45. The topological polar surface area (TPSA) is 78.8 Å². The number of nitrogens with one attached hydrogen (secondary N) is 1. The van der Waals surface area contributed by atoms with Gasteiger partial charge in [-0.1, -0.05) is 6.07 Å². The van der Waals surface area contributed by atoms with Gasteiger partial charge in [0.1, 0.15) is 5.75 Å². The molecule has 6 heteroatoms. The monoisotopic (exact) mass is 193 g/mol. The Hall–Kier alpha value is -1.53. The Kier molecular flexibility index (Phi) is 2.15. The van der Waals surface area contributed by atoms with Crippen LogP contribution in [0.15, 0.2) is 18.2 Å². The first kappa shape index (κ1) is 9.05. The number of amides is 1. The SMILES string of the molecule is O=C1NCc2c(OB(O)O)cccc21. The molecule has 1 heterocycles. The van der Waals surface area contributed by atoms with Crippen molar-refractivity contribution in [2.75, 3.05) is 0 Å². The Labute approximate surface area is 80.5 Å². The summed E-state index contributed by atoms with van der Waals surface area (Å²) in [6.07, 6.45) is 0. The lowest BCUT2D eigenvalue weighted by Crippen LogP contribution is -2.21. The van der Waals surface area contributed by atoms with E-state index in [9.17, 15) is 4.79 Å². The van der Waals surface area contributed by atoms with Crippen molar-refractivity contribution in [1.82, 2.24) is 5.32 Å². The van der Waals surface area contributed by atoms with Gasteiger partial charge >= 0.3 is 7.32 Å². The Bertz CT molecular complexity index is 380. The number of hydrogen-bond donors (Lipinski definition) is 3. The highest BCUT2D eigenvalue weighted by atomic mass is 16.6. The number of carbonyl (C=O) groups excluding carboxylic acids is 1. The highest BCUT2D eigenvalue weighted by Gasteiger charge is 2.24. The van der Waals surface area contributed by atoms with Crippen molar-refractivity contribution in [3.63, 3.8) is 0 Å². The predicted molar refractivity (Wildman–Crippen MR) is 48.4 cm³/mol. The minimum Gasteiger partial charge on any atom is -0.512 e. The van der Waals surface area contributed by atoms with E-state index >= 15 is 0 Å². The lowest BCUT2D eigenvalue weighted by molar-refractivity contribution is 0.0965. The molecule has 2 rings (SSSR count). The molecule has 0 bridgehead atoms. The average molecular weight is 193 g/mol. The molecule has 0 saturated carbocycles. The van der Waals surface area contributed by atoms with E-state index in [1.807, 2.05) is 0 Å². The van der Waals surface area contributed by atoms with Crippen LogP contribution in [0.4, 0.5) is 0 Å². The van der Waals surface area contributed by atoms with Gasteiger partial charge in [-0.3, -0.25) is 4.79 Å². The van der Waals surface area contributed by atoms with Crippen LogP contribution in [0.5, 0.6) is 5.75 Å². The number of carbonyl (C=O) groups is 1. The largest absolute Gasteiger partial charge is 0.707 e. The van der Waals surface area contributed by atoms with Crippen LogP contribution in [0.1, 0.15) is 15.9 Å². The van der Waals surface area contributed by atoms with Crippen LogP contribution in [0, 0.1) is 0 Å². The second-order valence-electron chi connectivity index (χ2n) is 2.91. The normalized spacial score (nSPS) is 13.4. The van der Waals surface area contributed by atoms with Crippen LogP contribution in [0.3, 0.4) is 0 Å². The number of fused-ring (bicyclic) bond motifs is 1.